The van der Waals surface area contributed by atoms with Gasteiger partial charge >= 0.3 is 12.3 Å². The van der Waals surface area contributed by atoms with Gasteiger partial charge in [-0.2, -0.15) is 18.4 Å². The standard InChI is InChI=1S/C22H18BrF3N6O2/c23-17-10(7-27)1-4-14-15(8-28-19(14)17)18-16(22(24,25)26)9-29-20(31-18)30-11-5-12-2-3-13(6-11)32(12)21(33)34/h1,4,8-9,11-13,28H,2-3,5-6H2,(H,33,34)(H,29,30,31)/t11?,12-,13+. The second-order valence-corrected chi connectivity index (χ2v) is 9.30. The first kappa shape index (κ1) is 22.5. The molecule has 3 aromatic rings. The maximum atomic E-state index is 13.8. The number of halogens is 4. The molecule has 0 saturated carbocycles. The van der Waals surface area contributed by atoms with Crippen LogP contribution in [0, 0.1) is 11.3 Å². The SMILES string of the molecule is N#Cc1ccc2c(-c3nc(NC4C[C@H]5CC[C@@H](C4)N5C(=O)O)ncc3C(F)(F)F)c[nH]c2c1Br. The van der Waals surface area contributed by atoms with Gasteiger partial charge in [-0.1, -0.05) is 6.07 Å². The molecule has 2 aliphatic heterocycles. The fraction of sp³-hybridized carbons (Fsp3) is 0.364. The number of hydrogen-bond donors (Lipinski definition) is 3. The average Bonchev–Trinajstić information content (AvgIpc) is 3.33. The zero-order valence-electron chi connectivity index (χ0n) is 17.5. The molecule has 2 fully saturated rings. The van der Waals surface area contributed by atoms with Crippen molar-refractivity contribution in [1.29, 1.82) is 5.26 Å². The lowest BCUT2D eigenvalue weighted by Gasteiger charge is -2.37. The van der Waals surface area contributed by atoms with Crippen molar-refractivity contribution < 1.29 is 23.1 Å². The first-order valence-corrected chi connectivity index (χ1v) is 11.4. The zero-order chi connectivity index (χ0) is 24.2. The highest BCUT2D eigenvalue weighted by Crippen LogP contribution is 2.41. The predicted octanol–water partition coefficient (Wildman–Crippen LogP) is 5.36. The third-order valence-corrected chi connectivity index (χ3v) is 7.37. The number of H-pyrrole nitrogens is 1. The van der Waals surface area contributed by atoms with Crippen LogP contribution in [0.25, 0.3) is 22.2 Å². The second-order valence-electron chi connectivity index (χ2n) is 8.50. The van der Waals surface area contributed by atoms with Gasteiger partial charge in [-0.25, -0.2) is 14.8 Å². The maximum absolute atomic E-state index is 13.8. The summed E-state index contributed by atoms with van der Waals surface area (Å²) < 4.78 is 42.0. The van der Waals surface area contributed by atoms with Crippen molar-refractivity contribution >= 4 is 38.9 Å². The molecule has 176 valence electrons. The van der Waals surface area contributed by atoms with E-state index < -0.39 is 17.8 Å². The number of aromatic nitrogens is 3. The molecule has 1 aromatic carbocycles. The van der Waals surface area contributed by atoms with Crippen molar-refractivity contribution in [1.82, 2.24) is 19.9 Å². The van der Waals surface area contributed by atoms with Crippen molar-refractivity contribution in [3.8, 4) is 17.3 Å². The third kappa shape index (κ3) is 3.73. The van der Waals surface area contributed by atoms with Crippen molar-refractivity contribution in [2.45, 2.75) is 50.0 Å². The molecule has 0 aliphatic carbocycles. The maximum Gasteiger partial charge on any atom is 0.419 e. The number of fused-ring (bicyclic) bond motifs is 3. The number of carboxylic acid groups (broad SMARTS) is 1. The molecule has 3 atom stereocenters. The molecule has 2 bridgehead atoms. The highest BCUT2D eigenvalue weighted by Gasteiger charge is 2.43. The molecular formula is C22H18BrF3N6O2. The molecule has 1 amide bonds. The molecule has 2 saturated heterocycles. The summed E-state index contributed by atoms with van der Waals surface area (Å²) in [6.45, 7) is 0. The normalized spacial score (nSPS) is 22.1. The Hall–Kier alpha value is -3.33. The van der Waals surface area contributed by atoms with E-state index in [0.717, 1.165) is 19.0 Å². The predicted molar refractivity (Wildman–Crippen MR) is 120 cm³/mol. The highest BCUT2D eigenvalue weighted by atomic mass is 79.9. The molecule has 2 aliphatic rings. The summed E-state index contributed by atoms with van der Waals surface area (Å²) >= 11 is 3.33. The van der Waals surface area contributed by atoms with Gasteiger partial charge < -0.3 is 20.3 Å². The van der Waals surface area contributed by atoms with Crippen LogP contribution < -0.4 is 5.32 Å². The molecule has 8 nitrogen and oxygen atoms in total. The summed E-state index contributed by atoms with van der Waals surface area (Å²) in [7, 11) is 0. The number of piperidine rings is 1. The van der Waals surface area contributed by atoms with E-state index in [2.05, 4.69) is 36.2 Å². The number of alkyl halides is 3. The van der Waals surface area contributed by atoms with E-state index in [-0.39, 0.29) is 35.3 Å². The van der Waals surface area contributed by atoms with Crippen molar-refractivity contribution in [2.24, 2.45) is 0 Å². The Morgan fingerprint density at radius 1 is 1.29 bits per heavy atom. The summed E-state index contributed by atoms with van der Waals surface area (Å²) in [5.74, 6) is 0.0539. The lowest BCUT2D eigenvalue weighted by molar-refractivity contribution is -0.137. The summed E-state index contributed by atoms with van der Waals surface area (Å²) in [5.41, 5.74) is -0.171. The molecule has 0 radical (unpaired) electrons. The first-order valence-electron chi connectivity index (χ1n) is 10.6. The van der Waals surface area contributed by atoms with Crippen molar-refractivity contribution in [3.05, 3.63) is 40.1 Å². The van der Waals surface area contributed by atoms with Gasteiger partial charge in [-0.3, -0.25) is 0 Å². The number of nitrogens with zero attached hydrogens (tertiary/aromatic N) is 4. The number of rotatable bonds is 3. The topological polar surface area (TPSA) is 118 Å². The molecule has 5 rings (SSSR count). The van der Waals surface area contributed by atoms with Crippen LogP contribution >= 0.6 is 15.9 Å². The Labute approximate surface area is 199 Å². The van der Waals surface area contributed by atoms with Crippen LogP contribution in [-0.2, 0) is 6.18 Å². The van der Waals surface area contributed by atoms with Gasteiger partial charge in [0, 0.05) is 41.5 Å². The summed E-state index contributed by atoms with van der Waals surface area (Å²) in [5, 5.41) is 22.3. The van der Waals surface area contributed by atoms with E-state index in [1.165, 1.54) is 17.2 Å². The molecular weight excluding hydrogens is 517 g/mol. The molecule has 3 N–H and O–H groups in total. The largest absolute Gasteiger partial charge is 0.465 e. The number of nitrogens with one attached hydrogen (secondary N) is 2. The smallest absolute Gasteiger partial charge is 0.419 e. The van der Waals surface area contributed by atoms with Gasteiger partial charge in [-0.05, 0) is 47.7 Å². The number of aromatic amines is 1. The monoisotopic (exact) mass is 534 g/mol. The molecule has 34 heavy (non-hydrogen) atoms. The summed E-state index contributed by atoms with van der Waals surface area (Å²) in [6.07, 6.45) is -0.797. The lowest BCUT2D eigenvalue weighted by Crippen LogP contribution is -2.49. The number of carbonyl (C=O) groups is 1. The number of hydrogen-bond acceptors (Lipinski definition) is 5. The van der Waals surface area contributed by atoms with Crippen LogP contribution in [0.1, 0.15) is 36.8 Å². The number of anilines is 1. The third-order valence-electron chi connectivity index (χ3n) is 6.55. The Balaban J connectivity index is 1.51. The van der Waals surface area contributed by atoms with Gasteiger partial charge in [0.2, 0.25) is 5.95 Å². The van der Waals surface area contributed by atoms with Crippen molar-refractivity contribution in [3.63, 3.8) is 0 Å². The Kier molecular flexibility index (Phi) is 5.39. The van der Waals surface area contributed by atoms with Crippen LogP contribution in [0.4, 0.5) is 23.9 Å². The Bertz CT molecular complexity index is 1320. The first-order chi connectivity index (χ1) is 16.2. The van der Waals surface area contributed by atoms with Gasteiger partial charge in [-0.15, -0.1) is 0 Å². The van der Waals surface area contributed by atoms with Crippen LogP contribution in [0.5, 0.6) is 0 Å². The minimum atomic E-state index is -4.67. The van der Waals surface area contributed by atoms with E-state index in [0.29, 0.717) is 33.8 Å². The van der Waals surface area contributed by atoms with Crippen LogP contribution in [-0.4, -0.2) is 49.2 Å². The minimum Gasteiger partial charge on any atom is -0.465 e. The van der Waals surface area contributed by atoms with E-state index in [1.807, 2.05) is 6.07 Å². The lowest BCUT2D eigenvalue weighted by atomic mass is 9.98. The fourth-order valence-electron chi connectivity index (χ4n) is 5.10. The Morgan fingerprint density at radius 2 is 2.00 bits per heavy atom. The van der Waals surface area contributed by atoms with Gasteiger partial charge in [0.05, 0.1) is 21.2 Å². The van der Waals surface area contributed by atoms with Crippen LogP contribution in [0.3, 0.4) is 0 Å². The fourth-order valence-corrected chi connectivity index (χ4v) is 5.65. The molecule has 2 aromatic heterocycles. The van der Waals surface area contributed by atoms with Crippen LogP contribution in [0.2, 0.25) is 0 Å². The summed E-state index contributed by atoms with van der Waals surface area (Å²) in [4.78, 5) is 24.1. The van der Waals surface area contributed by atoms with Gasteiger partial charge in [0.25, 0.3) is 0 Å². The zero-order valence-corrected chi connectivity index (χ0v) is 19.1. The van der Waals surface area contributed by atoms with E-state index in [1.54, 1.807) is 6.07 Å². The van der Waals surface area contributed by atoms with E-state index in [9.17, 15) is 28.3 Å². The molecule has 0 spiro atoms. The second kappa shape index (κ2) is 8.16. The molecule has 1 unspecified atom stereocenters. The van der Waals surface area contributed by atoms with Crippen molar-refractivity contribution in [2.75, 3.05) is 5.32 Å². The van der Waals surface area contributed by atoms with E-state index in [4.69, 9.17) is 0 Å². The highest BCUT2D eigenvalue weighted by molar-refractivity contribution is 9.10. The van der Waals surface area contributed by atoms with Gasteiger partial charge in [0.1, 0.15) is 11.6 Å². The van der Waals surface area contributed by atoms with E-state index >= 15 is 0 Å². The molecule has 4 heterocycles. The van der Waals surface area contributed by atoms with Crippen LogP contribution in [0.15, 0.2) is 29.0 Å². The Morgan fingerprint density at radius 3 is 2.62 bits per heavy atom. The minimum absolute atomic E-state index is 0.0539. The number of benzene rings is 1. The average molecular weight is 535 g/mol. The quantitative estimate of drug-likeness (QED) is 0.416. The number of nitriles is 1. The summed E-state index contributed by atoms with van der Waals surface area (Å²) in [6, 6.07) is 4.75. The number of amides is 1. The molecule has 12 heteroatoms. The van der Waals surface area contributed by atoms with Gasteiger partial charge in [0.15, 0.2) is 0 Å².